The van der Waals surface area contributed by atoms with Gasteiger partial charge in [-0.3, -0.25) is 9.59 Å². The van der Waals surface area contributed by atoms with E-state index in [0.717, 1.165) is 0 Å². The van der Waals surface area contributed by atoms with Gasteiger partial charge in [0.05, 0.1) is 5.88 Å². The highest BCUT2D eigenvalue weighted by atomic mass is 35.5. The van der Waals surface area contributed by atoms with Crippen LogP contribution in [0.5, 0.6) is 0 Å². The van der Waals surface area contributed by atoms with Gasteiger partial charge in [-0.15, -0.1) is 11.6 Å². The molecule has 0 fully saturated rings. The van der Waals surface area contributed by atoms with E-state index < -0.39 is 0 Å². The lowest BCUT2D eigenvalue weighted by Crippen LogP contribution is -2.31. The first-order valence-electron chi connectivity index (χ1n) is 6.86. The second-order valence-electron chi connectivity index (χ2n) is 5.98. The van der Waals surface area contributed by atoms with Gasteiger partial charge >= 0.3 is 0 Å². The van der Waals surface area contributed by atoms with Crippen LogP contribution in [0.3, 0.4) is 0 Å². The lowest BCUT2D eigenvalue weighted by molar-refractivity contribution is -0.117. The van der Waals surface area contributed by atoms with Crippen LogP contribution in [0.2, 0.25) is 0 Å². The number of hydrogen-bond donors (Lipinski definition) is 0. The lowest BCUT2D eigenvalue weighted by atomic mass is 9.74. The molecule has 1 aliphatic rings. The first kappa shape index (κ1) is 16.2. The molecule has 0 aromatic rings. The van der Waals surface area contributed by atoms with E-state index in [4.69, 9.17) is 11.6 Å². The van der Waals surface area contributed by atoms with E-state index in [-0.39, 0.29) is 35.2 Å². The molecule has 1 rings (SSSR count). The van der Waals surface area contributed by atoms with Crippen LogP contribution in [-0.2, 0) is 9.59 Å². The number of halogens is 1. The zero-order valence-electron chi connectivity index (χ0n) is 12.6. The molecule has 0 aromatic heterocycles. The minimum atomic E-state index is -0.0306. The van der Waals surface area contributed by atoms with Gasteiger partial charge in [0.25, 0.3) is 0 Å². The van der Waals surface area contributed by atoms with Gasteiger partial charge in [0.2, 0.25) is 0 Å². The minimum absolute atomic E-state index is 0.0175. The van der Waals surface area contributed by atoms with Crippen LogP contribution in [0.1, 0.15) is 41.5 Å². The summed E-state index contributed by atoms with van der Waals surface area (Å²) < 4.78 is 0. The molecule has 0 aromatic carbocycles. The second-order valence-corrected chi connectivity index (χ2v) is 6.24. The first-order chi connectivity index (χ1) is 8.73. The molecule has 0 N–H and O–H groups in total. The van der Waals surface area contributed by atoms with Gasteiger partial charge in [0.15, 0.2) is 11.6 Å². The number of carbonyl (C=O) groups is 2. The summed E-state index contributed by atoms with van der Waals surface area (Å²) in [5.74, 6) is 0.216. The Hall–Kier alpha value is -0.890. The van der Waals surface area contributed by atoms with Crippen molar-refractivity contribution in [3.8, 4) is 0 Å². The molecule has 0 radical (unpaired) electrons. The van der Waals surface area contributed by atoms with Crippen LogP contribution in [0.4, 0.5) is 0 Å². The summed E-state index contributed by atoms with van der Waals surface area (Å²) in [4.78, 5) is 25.3. The van der Waals surface area contributed by atoms with Crippen molar-refractivity contribution < 1.29 is 9.59 Å². The van der Waals surface area contributed by atoms with Crippen molar-refractivity contribution in [2.45, 2.75) is 41.5 Å². The molecule has 0 saturated heterocycles. The number of ketones is 2. The molecule has 19 heavy (non-hydrogen) atoms. The van der Waals surface area contributed by atoms with E-state index >= 15 is 0 Å². The fourth-order valence-electron chi connectivity index (χ4n) is 2.70. The van der Waals surface area contributed by atoms with Gasteiger partial charge in [-0.25, -0.2) is 0 Å². The van der Waals surface area contributed by atoms with Gasteiger partial charge < -0.3 is 0 Å². The normalized spacial score (nSPS) is 17.6. The zero-order chi connectivity index (χ0) is 14.9. The molecule has 3 heteroatoms. The summed E-state index contributed by atoms with van der Waals surface area (Å²) >= 11 is 5.92. The predicted octanol–water partition coefficient (Wildman–Crippen LogP) is 3.94. The Morgan fingerprint density at radius 2 is 1.11 bits per heavy atom. The van der Waals surface area contributed by atoms with Crippen LogP contribution < -0.4 is 0 Å². The molecule has 0 heterocycles. The topological polar surface area (TPSA) is 34.1 Å². The smallest absolute Gasteiger partial charge is 0.187 e. The Bertz CT molecular complexity index is 465. The van der Waals surface area contributed by atoms with Gasteiger partial charge in [0.1, 0.15) is 0 Å². The standard InChI is InChI=1S/C16H23ClO2/c1-8(2)12-11(7-17)15(18)13(9(3)4)14(10(5)6)16(12)19/h8-10H,7H2,1-6H3. The number of alkyl halides is 1. The monoisotopic (exact) mass is 282 g/mol. The number of rotatable bonds is 4. The Kier molecular flexibility index (Phi) is 5.14. The van der Waals surface area contributed by atoms with Crippen molar-refractivity contribution in [2.24, 2.45) is 17.8 Å². The maximum atomic E-state index is 12.7. The van der Waals surface area contributed by atoms with E-state index in [2.05, 4.69) is 0 Å². The summed E-state index contributed by atoms with van der Waals surface area (Å²) in [6.07, 6.45) is 0. The maximum Gasteiger partial charge on any atom is 0.187 e. The van der Waals surface area contributed by atoms with E-state index in [1.165, 1.54) is 0 Å². The largest absolute Gasteiger partial charge is 0.289 e. The number of Topliss-reactive ketones (excluding diaryl/α,β-unsaturated/α-hetero) is 2. The lowest BCUT2D eigenvalue weighted by Gasteiger charge is -2.28. The molecule has 2 nitrogen and oxygen atoms in total. The highest BCUT2D eigenvalue weighted by Gasteiger charge is 2.36. The number of allylic oxidation sites excluding steroid dienone is 4. The van der Waals surface area contributed by atoms with Crippen molar-refractivity contribution in [3.05, 3.63) is 22.3 Å². The Labute approximate surface area is 120 Å². The highest BCUT2D eigenvalue weighted by molar-refractivity contribution is 6.31. The van der Waals surface area contributed by atoms with Crippen molar-refractivity contribution in [1.29, 1.82) is 0 Å². The minimum Gasteiger partial charge on any atom is -0.289 e. The fourth-order valence-corrected chi connectivity index (χ4v) is 2.97. The molecule has 0 aliphatic heterocycles. The molecule has 1 aliphatic carbocycles. The van der Waals surface area contributed by atoms with Gasteiger partial charge in [-0.1, -0.05) is 41.5 Å². The van der Waals surface area contributed by atoms with Crippen LogP contribution in [-0.4, -0.2) is 17.4 Å². The summed E-state index contributed by atoms with van der Waals surface area (Å²) in [5.41, 5.74) is 2.43. The molecular formula is C16H23ClO2. The van der Waals surface area contributed by atoms with Crippen LogP contribution >= 0.6 is 11.6 Å². The van der Waals surface area contributed by atoms with Crippen molar-refractivity contribution in [3.63, 3.8) is 0 Å². The van der Waals surface area contributed by atoms with Gasteiger partial charge in [0, 0.05) is 22.3 Å². The molecule has 0 bridgehead atoms. The molecule has 0 saturated carbocycles. The van der Waals surface area contributed by atoms with E-state index in [9.17, 15) is 9.59 Å². The number of carbonyl (C=O) groups excluding carboxylic acids is 2. The molecule has 0 atom stereocenters. The average molecular weight is 283 g/mol. The predicted molar refractivity (Wildman–Crippen MR) is 79.3 cm³/mol. The van der Waals surface area contributed by atoms with Crippen LogP contribution in [0.15, 0.2) is 22.3 Å². The zero-order valence-corrected chi connectivity index (χ0v) is 13.4. The molecule has 0 unspecified atom stereocenters. The fraction of sp³-hybridized carbons (Fsp3) is 0.625. The third kappa shape index (κ3) is 2.84. The Balaban J connectivity index is 3.56. The number of hydrogen-bond acceptors (Lipinski definition) is 2. The SMILES string of the molecule is CC(C)C1=C(CCl)C(=O)C(C(C)C)=C(C(C)C)C1=O. The van der Waals surface area contributed by atoms with Crippen LogP contribution in [0, 0.1) is 17.8 Å². The van der Waals surface area contributed by atoms with Crippen molar-refractivity contribution in [2.75, 3.05) is 5.88 Å². The molecule has 106 valence electrons. The summed E-state index contributed by atoms with van der Waals surface area (Å²) in [7, 11) is 0. The molecule has 0 spiro atoms. The van der Waals surface area contributed by atoms with Crippen LogP contribution in [0.25, 0.3) is 0 Å². The van der Waals surface area contributed by atoms with E-state index in [1.807, 2.05) is 41.5 Å². The second kappa shape index (κ2) is 6.04. The van der Waals surface area contributed by atoms with Gasteiger partial charge in [-0.2, -0.15) is 0 Å². The summed E-state index contributed by atoms with van der Waals surface area (Å²) in [6, 6.07) is 0. The van der Waals surface area contributed by atoms with E-state index in [0.29, 0.717) is 22.3 Å². The quantitative estimate of drug-likeness (QED) is 0.578. The van der Waals surface area contributed by atoms with Crippen molar-refractivity contribution in [1.82, 2.24) is 0 Å². The highest BCUT2D eigenvalue weighted by Crippen LogP contribution is 2.36. The Morgan fingerprint density at radius 3 is 1.42 bits per heavy atom. The summed E-state index contributed by atoms with van der Waals surface area (Å²) in [5, 5.41) is 0. The Morgan fingerprint density at radius 1 is 0.737 bits per heavy atom. The third-order valence-corrected chi connectivity index (χ3v) is 3.76. The third-order valence-electron chi connectivity index (χ3n) is 3.49. The maximum absolute atomic E-state index is 12.7. The average Bonchev–Trinajstić information content (AvgIpc) is 2.28. The molecule has 0 amide bonds. The molecular weight excluding hydrogens is 260 g/mol. The first-order valence-corrected chi connectivity index (χ1v) is 7.39. The van der Waals surface area contributed by atoms with Gasteiger partial charge in [-0.05, 0) is 17.8 Å². The van der Waals surface area contributed by atoms with E-state index in [1.54, 1.807) is 0 Å². The van der Waals surface area contributed by atoms with Crippen molar-refractivity contribution >= 4 is 23.2 Å². The summed E-state index contributed by atoms with van der Waals surface area (Å²) in [6.45, 7) is 11.7.